The van der Waals surface area contributed by atoms with Gasteiger partial charge in [0.05, 0.1) is 5.75 Å². The Bertz CT molecular complexity index is 277. The van der Waals surface area contributed by atoms with Crippen LogP contribution >= 0.6 is 11.8 Å². The van der Waals surface area contributed by atoms with Gasteiger partial charge >= 0.3 is 0 Å². The molecular weight excluding hydrogens is 202 g/mol. The van der Waals surface area contributed by atoms with Gasteiger partial charge in [0.15, 0.2) is 5.82 Å². The van der Waals surface area contributed by atoms with Gasteiger partial charge in [-0.15, -0.1) is 0 Å². The van der Waals surface area contributed by atoms with E-state index in [9.17, 15) is 5.11 Å². The summed E-state index contributed by atoms with van der Waals surface area (Å²) in [5.41, 5.74) is 5.25. The Morgan fingerprint density at radius 2 is 2.29 bits per heavy atom. The lowest BCUT2D eigenvalue weighted by Crippen LogP contribution is -2.11. The van der Waals surface area contributed by atoms with Crippen LogP contribution in [0.2, 0.25) is 0 Å². The minimum Gasteiger partial charge on any atom is -0.382 e. The Hall–Kier alpha value is -0.590. The van der Waals surface area contributed by atoms with Gasteiger partial charge in [-0.3, -0.25) is 0 Å². The van der Waals surface area contributed by atoms with Crippen molar-refractivity contribution in [1.29, 1.82) is 0 Å². The zero-order chi connectivity index (χ0) is 10.6. The molecule has 0 aliphatic carbocycles. The zero-order valence-corrected chi connectivity index (χ0v) is 9.12. The van der Waals surface area contributed by atoms with Gasteiger partial charge in [-0.25, -0.2) is 0 Å². The molecule has 3 N–H and O–H groups in total. The fourth-order valence-corrected chi connectivity index (χ4v) is 1.40. The SMILES string of the molecule is CC(C)SCc1noc(C(O)CN)n1. The highest BCUT2D eigenvalue weighted by Gasteiger charge is 2.14. The van der Waals surface area contributed by atoms with Gasteiger partial charge in [-0.05, 0) is 5.25 Å². The summed E-state index contributed by atoms with van der Waals surface area (Å²) in [6, 6.07) is 0. The third-order valence-corrected chi connectivity index (χ3v) is 2.63. The molecule has 0 saturated carbocycles. The van der Waals surface area contributed by atoms with E-state index in [1.807, 2.05) is 0 Å². The third-order valence-electron chi connectivity index (χ3n) is 1.54. The van der Waals surface area contributed by atoms with Crippen LogP contribution in [0.15, 0.2) is 4.52 Å². The van der Waals surface area contributed by atoms with Gasteiger partial charge in [0, 0.05) is 6.54 Å². The van der Waals surface area contributed by atoms with Crippen molar-refractivity contribution in [1.82, 2.24) is 10.1 Å². The lowest BCUT2D eigenvalue weighted by Gasteiger charge is -2.00. The maximum absolute atomic E-state index is 9.29. The van der Waals surface area contributed by atoms with E-state index in [2.05, 4.69) is 24.0 Å². The number of hydrogen-bond donors (Lipinski definition) is 2. The Morgan fingerprint density at radius 1 is 1.57 bits per heavy atom. The molecule has 0 aliphatic heterocycles. The van der Waals surface area contributed by atoms with Gasteiger partial charge in [-0.1, -0.05) is 19.0 Å². The van der Waals surface area contributed by atoms with E-state index in [4.69, 9.17) is 10.3 Å². The minimum absolute atomic E-state index is 0.0962. The van der Waals surface area contributed by atoms with Crippen molar-refractivity contribution in [3.8, 4) is 0 Å². The second-order valence-electron chi connectivity index (χ2n) is 3.16. The van der Waals surface area contributed by atoms with E-state index in [1.165, 1.54) is 0 Å². The molecule has 0 aliphatic rings. The quantitative estimate of drug-likeness (QED) is 0.755. The summed E-state index contributed by atoms with van der Waals surface area (Å²) >= 11 is 1.72. The Labute approximate surface area is 87.1 Å². The number of rotatable bonds is 5. The van der Waals surface area contributed by atoms with Gasteiger partial charge in [0.1, 0.15) is 6.10 Å². The molecule has 0 saturated heterocycles. The van der Waals surface area contributed by atoms with Crippen LogP contribution in [-0.2, 0) is 5.75 Å². The summed E-state index contributed by atoms with van der Waals surface area (Å²) in [4.78, 5) is 4.02. The van der Waals surface area contributed by atoms with E-state index in [-0.39, 0.29) is 12.4 Å². The molecule has 0 bridgehead atoms. The molecule has 1 aromatic heterocycles. The van der Waals surface area contributed by atoms with Crippen LogP contribution in [0.25, 0.3) is 0 Å². The van der Waals surface area contributed by atoms with E-state index in [1.54, 1.807) is 11.8 Å². The molecule has 80 valence electrons. The van der Waals surface area contributed by atoms with Crippen LogP contribution in [0, 0.1) is 0 Å². The first-order valence-electron chi connectivity index (χ1n) is 4.45. The number of thioether (sulfide) groups is 1. The number of nitrogens with two attached hydrogens (primary N) is 1. The Balaban J connectivity index is 2.50. The number of hydrogen-bond acceptors (Lipinski definition) is 6. The van der Waals surface area contributed by atoms with Crippen LogP contribution in [0.3, 0.4) is 0 Å². The second kappa shape index (κ2) is 5.33. The molecule has 1 unspecified atom stereocenters. The van der Waals surface area contributed by atoms with E-state index in [0.717, 1.165) is 0 Å². The molecule has 1 rings (SSSR count). The van der Waals surface area contributed by atoms with E-state index < -0.39 is 6.10 Å². The Kier molecular flexibility index (Phi) is 4.37. The van der Waals surface area contributed by atoms with Gasteiger partial charge in [0.25, 0.3) is 5.89 Å². The molecule has 0 fully saturated rings. The first-order chi connectivity index (χ1) is 6.63. The molecule has 0 spiro atoms. The Morgan fingerprint density at radius 3 is 2.86 bits per heavy atom. The van der Waals surface area contributed by atoms with E-state index in [0.29, 0.717) is 16.8 Å². The highest BCUT2D eigenvalue weighted by molar-refractivity contribution is 7.99. The number of aromatic nitrogens is 2. The molecule has 0 amide bonds. The smallest absolute Gasteiger partial charge is 0.256 e. The van der Waals surface area contributed by atoms with Crippen LogP contribution in [0.5, 0.6) is 0 Å². The maximum atomic E-state index is 9.29. The average Bonchev–Trinajstić information content (AvgIpc) is 2.62. The standard InChI is InChI=1S/C8H15N3O2S/c1-5(2)14-4-7-10-8(13-11-7)6(12)3-9/h5-6,12H,3-4,9H2,1-2H3. The van der Waals surface area contributed by atoms with Crippen LogP contribution in [0.4, 0.5) is 0 Å². The number of nitrogens with zero attached hydrogens (tertiary/aromatic N) is 2. The first-order valence-corrected chi connectivity index (χ1v) is 5.50. The molecular formula is C8H15N3O2S. The fourth-order valence-electron chi connectivity index (χ4n) is 0.803. The van der Waals surface area contributed by atoms with E-state index >= 15 is 0 Å². The molecule has 0 radical (unpaired) electrons. The molecule has 1 heterocycles. The highest BCUT2D eigenvalue weighted by atomic mass is 32.2. The predicted molar refractivity (Wildman–Crippen MR) is 54.7 cm³/mol. The topological polar surface area (TPSA) is 85.2 Å². The van der Waals surface area contributed by atoms with Crippen LogP contribution in [-0.4, -0.2) is 27.0 Å². The van der Waals surface area contributed by atoms with Crippen molar-refractivity contribution in [3.05, 3.63) is 11.7 Å². The summed E-state index contributed by atoms with van der Waals surface area (Å²) in [6.45, 7) is 4.29. The largest absolute Gasteiger partial charge is 0.382 e. The van der Waals surface area contributed by atoms with Crippen molar-refractivity contribution in [2.45, 2.75) is 31.0 Å². The summed E-state index contributed by atoms with van der Waals surface area (Å²) in [7, 11) is 0. The van der Waals surface area contributed by atoms with Crippen molar-refractivity contribution >= 4 is 11.8 Å². The van der Waals surface area contributed by atoms with Gasteiger partial charge < -0.3 is 15.4 Å². The van der Waals surface area contributed by atoms with Crippen LogP contribution in [0.1, 0.15) is 31.7 Å². The molecule has 0 aromatic carbocycles. The number of aliphatic hydroxyl groups is 1. The maximum Gasteiger partial charge on any atom is 0.256 e. The summed E-state index contributed by atoms with van der Waals surface area (Å²) in [5, 5.41) is 13.6. The fraction of sp³-hybridized carbons (Fsp3) is 0.750. The normalized spacial score (nSPS) is 13.5. The lowest BCUT2D eigenvalue weighted by atomic mass is 10.4. The first kappa shape index (κ1) is 11.5. The average molecular weight is 217 g/mol. The summed E-state index contributed by atoms with van der Waals surface area (Å²) < 4.78 is 4.85. The second-order valence-corrected chi connectivity index (χ2v) is 4.72. The predicted octanol–water partition coefficient (Wildman–Crippen LogP) is 0.703. The monoisotopic (exact) mass is 217 g/mol. The van der Waals surface area contributed by atoms with Gasteiger partial charge in [0.2, 0.25) is 0 Å². The van der Waals surface area contributed by atoms with Crippen molar-refractivity contribution in [2.75, 3.05) is 6.54 Å². The molecule has 1 aromatic rings. The molecule has 6 heteroatoms. The van der Waals surface area contributed by atoms with Crippen molar-refractivity contribution in [3.63, 3.8) is 0 Å². The molecule has 14 heavy (non-hydrogen) atoms. The molecule has 5 nitrogen and oxygen atoms in total. The van der Waals surface area contributed by atoms with Gasteiger partial charge in [-0.2, -0.15) is 16.7 Å². The number of aliphatic hydroxyl groups excluding tert-OH is 1. The third kappa shape index (κ3) is 3.28. The summed E-state index contributed by atoms with van der Waals surface area (Å²) in [6.07, 6.45) is -0.847. The zero-order valence-electron chi connectivity index (χ0n) is 8.30. The van der Waals surface area contributed by atoms with Crippen molar-refractivity contribution < 1.29 is 9.63 Å². The van der Waals surface area contributed by atoms with Crippen LogP contribution < -0.4 is 5.73 Å². The minimum atomic E-state index is -0.847. The highest BCUT2D eigenvalue weighted by Crippen LogP contribution is 2.16. The van der Waals surface area contributed by atoms with Crippen molar-refractivity contribution in [2.24, 2.45) is 5.73 Å². The lowest BCUT2D eigenvalue weighted by molar-refractivity contribution is 0.141. The summed E-state index contributed by atoms with van der Waals surface area (Å²) in [5.74, 6) is 1.50. The molecule has 1 atom stereocenters.